The molecule has 360 valence electrons. The van der Waals surface area contributed by atoms with Gasteiger partial charge in [0, 0.05) is 55.9 Å². The number of fused-ring (bicyclic) bond motifs is 2. The minimum atomic E-state index is -1.71. The molecule has 0 bridgehead atoms. The van der Waals surface area contributed by atoms with E-state index in [9.17, 15) is 34.8 Å². The summed E-state index contributed by atoms with van der Waals surface area (Å²) < 4.78 is 41.1. The van der Waals surface area contributed by atoms with Crippen molar-refractivity contribution >= 4 is 23.2 Å². The van der Waals surface area contributed by atoms with Gasteiger partial charge in [0.2, 0.25) is 5.79 Å². The number of carbonyl (C=O) groups is 1. The normalized spacial score (nSPS) is 22.2. The third-order valence-corrected chi connectivity index (χ3v) is 12.5. The first kappa shape index (κ1) is 49.2. The van der Waals surface area contributed by atoms with Crippen LogP contribution in [0.25, 0.3) is 0 Å². The average molecular weight is 937 g/mol. The average Bonchev–Trinajstić information content (AvgIpc) is 3.31. The lowest BCUT2D eigenvalue weighted by Crippen LogP contribution is -2.70. The van der Waals surface area contributed by atoms with Crippen LogP contribution in [0.1, 0.15) is 82.8 Å². The van der Waals surface area contributed by atoms with Gasteiger partial charge in [-0.2, -0.15) is 0 Å². The van der Waals surface area contributed by atoms with Crippen LogP contribution in [0.15, 0.2) is 120 Å². The van der Waals surface area contributed by atoms with E-state index in [0.29, 0.717) is 61.3 Å². The van der Waals surface area contributed by atoms with E-state index in [0.717, 1.165) is 11.1 Å². The molecule has 0 radical (unpaired) electrons. The summed E-state index contributed by atoms with van der Waals surface area (Å²) in [5, 5.41) is 48.0. The van der Waals surface area contributed by atoms with Crippen molar-refractivity contribution in [2.24, 2.45) is 22.9 Å². The summed E-state index contributed by atoms with van der Waals surface area (Å²) in [6.07, 6.45) is 6.80. The highest BCUT2D eigenvalue weighted by atomic mass is 19.1. The lowest BCUT2D eigenvalue weighted by molar-refractivity contribution is -0.385. The summed E-state index contributed by atoms with van der Waals surface area (Å²) in [5.74, 6) is -2.49. The Bertz CT molecular complexity index is 2510. The fourth-order valence-electron chi connectivity index (χ4n) is 9.58. The first-order chi connectivity index (χ1) is 32.6. The van der Waals surface area contributed by atoms with Crippen molar-refractivity contribution in [3.8, 4) is 23.0 Å². The third kappa shape index (κ3) is 11.2. The number of nitro benzene ring substituents is 2. The summed E-state index contributed by atoms with van der Waals surface area (Å²) in [6, 6.07) is 21.0. The molecule has 1 aliphatic heterocycles. The Kier molecular flexibility index (Phi) is 15.6. The number of aliphatic hydroxyl groups excluding tert-OH is 2. The summed E-state index contributed by atoms with van der Waals surface area (Å²) >= 11 is 0. The van der Waals surface area contributed by atoms with E-state index in [4.69, 9.17) is 28.9 Å². The number of hydrogen-bond acceptors (Lipinski definition) is 13. The van der Waals surface area contributed by atoms with Gasteiger partial charge in [-0.25, -0.2) is 9.18 Å². The van der Waals surface area contributed by atoms with Crippen LogP contribution >= 0.6 is 0 Å². The molecular weight excluding hydrogens is 880 g/mol. The molecule has 4 aromatic carbocycles. The van der Waals surface area contributed by atoms with Crippen LogP contribution in [0.5, 0.6) is 23.0 Å². The molecule has 1 fully saturated rings. The van der Waals surface area contributed by atoms with Crippen molar-refractivity contribution in [1.29, 1.82) is 0 Å². The standard InChI is InChI=1S/C51H57FN4O12/c1-5-27-64-51-46(54(32-33-15-17-35(52)18-16-33)49(59)66-38-21-19-36(20-22-38)55(60)61)31-44(53-68-50(2,3)4)42-28-34(11-6-8-25-57)41(14-7-9-26-58)47(48(42)51)43-30-40(23-24-45(43)67-51)65-39-13-10-12-37(29-39)56(62)63/h5,10,12-13,15-24,28-30,34,41,46-48,57-58H,1,6-9,11,14,25-27,31-32H2,2-4H3/t34-,41+,46-,47+,48+,51+/m0/s1. The number of nitrogens with zero attached hydrogens (tertiary/aromatic N) is 4. The SMILES string of the molecule is C=CCO[C@@]12Oc3ccc(Oc4cccc([N+](=O)[O-])c4)cc3[C@H]3[C@H](CCCCO)[C@@H](CCCCO)C=C(C(=NOC(C)(C)C)C[C@@H]1N(Cc1ccc(F)cc1)C(=O)Oc1ccc([N+](=O)[O-])cc1)[C@H]32. The Morgan fingerprint density at radius 1 is 0.912 bits per heavy atom. The number of aliphatic hydroxyl groups is 2. The minimum Gasteiger partial charge on any atom is -0.459 e. The molecule has 4 aromatic rings. The Labute approximate surface area is 393 Å². The van der Waals surface area contributed by atoms with Gasteiger partial charge in [0.25, 0.3) is 11.4 Å². The summed E-state index contributed by atoms with van der Waals surface area (Å²) in [4.78, 5) is 44.8. The van der Waals surface area contributed by atoms with Gasteiger partial charge in [-0.15, -0.1) is 6.58 Å². The molecule has 0 spiro atoms. The Hall–Kier alpha value is -6.69. The number of non-ortho nitro benzene ring substituents is 2. The van der Waals surface area contributed by atoms with Gasteiger partial charge in [0.15, 0.2) is 0 Å². The molecule has 0 unspecified atom stereocenters. The molecule has 16 nitrogen and oxygen atoms in total. The fraction of sp³-hybridized carbons (Fsp3) is 0.412. The van der Waals surface area contributed by atoms with Crippen LogP contribution in [0.3, 0.4) is 0 Å². The van der Waals surface area contributed by atoms with Crippen molar-refractivity contribution in [2.75, 3.05) is 19.8 Å². The number of oxime groups is 1. The highest BCUT2D eigenvalue weighted by Crippen LogP contribution is 2.62. The zero-order valence-corrected chi connectivity index (χ0v) is 38.3. The summed E-state index contributed by atoms with van der Waals surface area (Å²) in [5.41, 5.74) is 1.50. The number of nitro groups is 2. The van der Waals surface area contributed by atoms with Gasteiger partial charge >= 0.3 is 6.09 Å². The predicted molar refractivity (Wildman–Crippen MR) is 250 cm³/mol. The quantitative estimate of drug-likeness (QED) is 0.0367. The summed E-state index contributed by atoms with van der Waals surface area (Å²) in [7, 11) is 0. The van der Waals surface area contributed by atoms with Gasteiger partial charge in [-0.1, -0.05) is 48.3 Å². The highest BCUT2D eigenvalue weighted by Gasteiger charge is 2.66. The van der Waals surface area contributed by atoms with Crippen molar-refractivity contribution < 1.29 is 53.0 Å². The topological polar surface area (TPSA) is 206 Å². The minimum absolute atomic E-state index is 0.0113. The first-order valence-electron chi connectivity index (χ1n) is 22.8. The zero-order chi connectivity index (χ0) is 48.6. The van der Waals surface area contributed by atoms with Crippen molar-refractivity contribution in [3.63, 3.8) is 0 Å². The Morgan fingerprint density at radius 2 is 1.59 bits per heavy atom. The lowest BCUT2D eigenvalue weighted by atomic mass is 9.55. The van der Waals surface area contributed by atoms with Crippen LogP contribution in [-0.2, 0) is 16.1 Å². The van der Waals surface area contributed by atoms with Crippen molar-refractivity contribution in [3.05, 3.63) is 152 Å². The fourth-order valence-corrected chi connectivity index (χ4v) is 9.58. The van der Waals surface area contributed by atoms with Gasteiger partial charge in [0.1, 0.15) is 40.5 Å². The molecule has 6 atom stereocenters. The molecule has 0 saturated heterocycles. The van der Waals surface area contributed by atoms with Crippen LogP contribution in [-0.4, -0.2) is 74.0 Å². The number of hydrogen-bond donors (Lipinski definition) is 2. The molecule has 1 amide bonds. The maximum absolute atomic E-state index is 15.0. The molecule has 1 heterocycles. The molecule has 2 N–H and O–H groups in total. The van der Waals surface area contributed by atoms with Crippen molar-refractivity contribution in [2.45, 2.75) is 95.6 Å². The van der Waals surface area contributed by atoms with Gasteiger partial charge < -0.3 is 34.0 Å². The summed E-state index contributed by atoms with van der Waals surface area (Å²) in [6.45, 7) is 9.43. The molecule has 17 heteroatoms. The molecule has 7 rings (SSSR count). The predicted octanol–water partition coefficient (Wildman–Crippen LogP) is 10.6. The molecule has 0 aromatic heterocycles. The van der Waals surface area contributed by atoms with E-state index < -0.39 is 51.0 Å². The van der Waals surface area contributed by atoms with E-state index in [2.05, 4.69) is 12.7 Å². The van der Waals surface area contributed by atoms with Crippen LogP contribution in [0.2, 0.25) is 0 Å². The number of rotatable bonds is 20. The van der Waals surface area contributed by atoms with Crippen LogP contribution in [0.4, 0.5) is 20.6 Å². The molecular formula is C51H57FN4O12. The van der Waals surface area contributed by atoms with Gasteiger partial charge in [-0.05, 0) is 118 Å². The second kappa shape index (κ2) is 21.5. The lowest BCUT2D eigenvalue weighted by Gasteiger charge is -2.60. The number of halogens is 1. The van der Waals surface area contributed by atoms with Crippen LogP contribution in [0, 0.1) is 43.8 Å². The Balaban J connectivity index is 1.47. The Morgan fingerprint density at radius 3 is 2.25 bits per heavy atom. The highest BCUT2D eigenvalue weighted by molar-refractivity contribution is 6.03. The van der Waals surface area contributed by atoms with E-state index in [-0.39, 0.29) is 67.5 Å². The maximum Gasteiger partial charge on any atom is 0.416 e. The molecule has 2 aliphatic carbocycles. The van der Waals surface area contributed by atoms with E-state index in [1.807, 2.05) is 26.8 Å². The number of ether oxygens (including phenoxy) is 4. The number of amides is 1. The first-order valence-corrected chi connectivity index (χ1v) is 22.8. The van der Waals surface area contributed by atoms with E-state index >= 15 is 4.79 Å². The van der Waals surface area contributed by atoms with Gasteiger partial charge in [-0.3, -0.25) is 25.1 Å². The maximum atomic E-state index is 15.0. The van der Waals surface area contributed by atoms with Crippen LogP contribution < -0.4 is 14.2 Å². The number of allylic oxidation sites excluding steroid dienone is 1. The number of unbranched alkanes of at least 4 members (excludes halogenated alkanes) is 2. The van der Waals surface area contributed by atoms with Gasteiger partial charge in [0.05, 0.1) is 34.1 Å². The monoisotopic (exact) mass is 936 g/mol. The second-order valence-electron chi connectivity index (χ2n) is 18.2. The smallest absolute Gasteiger partial charge is 0.416 e. The zero-order valence-electron chi connectivity index (χ0n) is 38.3. The number of benzene rings is 4. The van der Waals surface area contributed by atoms with E-state index in [1.54, 1.807) is 42.5 Å². The molecule has 68 heavy (non-hydrogen) atoms. The third-order valence-electron chi connectivity index (χ3n) is 12.5. The second-order valence-corrected chi connectivity index (χ2v) is 18.2. The molecule has 3 aliphatic rings. The van der Waals surface area contributed by atoms with Crippen molar-refractivity contribution in [1.82, 2.24) is 4.90 Å². The largest absolute Gasteiger partial charge is 0.459 e. The molecule has 1 saturated carbocycles. The number of carbonyl (C=O) groups excluding carboxylic acids is 1. The van der Waals surface area contributed by atoms with E-state index in [1.165, 1.54) is 53.4 Å².